The normalized spacial score (nSPS) is 19.4. The monoisotopic (exact) mass is 513 g/mol. The Bertz CT molecular complexity index is 1610. The summed E-state index contributed by atoms with van der Waals surface area (Å²) in [6.07, 6.45) is 6.54. The van der Waals surface area contributed by atoms with E-state index < -0.39 is 0 Å². The summed E-state index contributed by atoms with van der Waals surface area (Å²) in [4.78, 5) is 16.0. The van der Waals surface area contributed by atoms with Crippen molar-refractivity contribution in [2.24, 2.45) is 12.5 Å². The Morgan fingerprint density at radius 1 is 1.08 bits per heavy atom. The molecule has 2 aliphatic heterocycles. The summed E-state index contributed by atoms with van der Waals surface area (Å²) in [5.74, 6) is 1.48. The highest BCUT2D eigenvalue weighted by atomic mass is 32.1. The molecule has 0 bridgehead atoms. The fourth-order valence-electron chi connectivity index (χ4n) is 5.30. The molecule has 0 amide bonds. The smallest absolute Gasteiger partial charge is 0.145 e. The zero-order valence-electron chi connectivity index (χ0n) is 20.7. The predicted molar refractivity (Wildman–Crippen MR) is 144 cm³/mol. The number of likely N-dealkylation sites (N-methyl/N-ethyl adjacent to an activating group) is 1. The molecule has 5 aromatic rings. The molecule has 1 spiro atoms. The SMILES string of the molecule is CN1CCC2(COC2)[C@@H](Oc2cc(-c3cnn(C)c3)cc3ncnc(Nc4ccc5ncsc5c4)c23)C1. The average molecular weight is 514 g/mol. The van der Waals surface area contributed by atoms with Gasteiger partial charge in [-0.15, -0.1) is 11.3 Å². The van der Waals surface area contributed by atoms with Crippen molar-refractivity contribution in [3.8, 4) is 16.9 Å². The molecule has 9 nitrogen and oxygen atoms in total. The van der Waals surface area contributed by atoms with Gasteiger partial charge in [-0.05, 0) is 55.9 Å². The Balaban J connectivity index is 1.35. The van der Waals surface area contributed by atoms with Gasteiger partial charge in [0.05, 0.1) is 51.5 Å². The number of nitrogens with zero attached hydrogens (tertiary/aromatic N) is 6. The van der Waals surface area contributed by atoms with Crippen LogP contribution >= 0.6 is 11.3 Å². The number of rotatable bonds is 5. The highest BCUT2D eigenvalue weighted by Crippen LogP contribution is 2.43. The van der Waals surface area contributed by atoms with Crippen LogP contribution < -0.4 is 10.1 Å². The first-order valence-electron chi connectivity index (χ1n) is 12.4. The van der Waals surface area contributed by atoms with E-state index in [4.69, 9.17) is 9.47 Å². The molecule has 1 atom stereocenters. The summed E-state index contributed by atoms with van der Waals surface area (Å²) >= 11 is 1.62. The number of fused-ring (bicyclic) bond motifs is 2. The number of ether oxygens (including phenoxy) is 2. The zero-order chi connectivity index (χ0) is 25.0. The Morgan fingerprint density at radius 2 is 2.00 bits per heavy atom. The van der Waals surface area contributed by atoms with Crippen molar-refractivity contribution in [3.05, 3.63) is 54.6 Å². The Hall–Kier alpha value is -3.60. The van der Waals surface area contributed by atoms with E-state index in [0.29, 0.717) is 5.82 Å². The van der Waals surface area contributed by atoms with Crippen LogP contribution in [0.5, 0.6) is 5.75 Å². The Labute approximate surface area is 218 Å². The molecule has 1 N–H and O–H groups in total. The molecule has 2 aromatic carbocycles. The lowest BCUT2D eigenvalue weighted by molar-refractivity contribution is -0.187. The van der Waals surface area contributed by atoms with E-state index in [0.717, 1.165) is 76.4 Å². The van der Waals surface area contributed by atoms with Gasteiger partial charge in [-0.3, -0.25) is 4.68 Å². The standard InChI is InChI=1S/C27H27N7O2S/c1-33-6-5-27(13-35-14-27)24(12-33)36-22-8-17(18-10-31-34(2)11-18)7-21-25(22)26(29-15-28-21)32-19-3-4-20-23(9-19)37-16-30-20/h3-4,7-11,15-16,24H,5-6,12-14H2,1-2H3,(H,28,29,32)/t24-/m0/s1. The first-order chi connectivity index (χ1) is 18.1. The summed E-state index contributed by atoms with van der Waals surface area (Å²) in [5, 5.41) is 8.76. The molecule has 37 heavy (non-hydrogen) atoms. The van der Waals surface area contributed by atoms with Gasteiger partial charge in [0, 0.05) is 31.0 Å². The molecule has 2 fully saturated rings. The molecule has 2 aliphatic rings. The molecule has 7 rings (SSSR count). The lowest BCUT2D eigenvalue weighted by Crippen LogP contribution is -2.61. The second kappa shape index (κ2) is 8.76. The molecule has 3 aromatic heterocycles. The van der Waals surface area contributed by atoms with Crippen molar-refractivity contribution < 1.29 is 9.47 Å². The fraction of sp³-hybridized carbons (Fsp3) is 0.333. The minimum atomic E-state index is 0.00828. The van der Waals surface area contributed by atoms with E-state index in [2.05, 4.69) is 55.5 Å². The molecule has 0 unspecified atom stereocenters. The van der Waals surface area contributed by atoms with E-state index in [1.165, 1.54) is 0 Å². The summed E-state index contributed by atoms with van der Waals surface area (Å²) in [7, 11) is 4.07. The molecule has 2 saturated heterocycles. The maximum atomic E-state index is 6.93. The van der Waals surface area contributed by atoms with Crippen molar-refractivity contribution in [2.75, 3.05) is 38.7 Å². The summed E-state index contributed by atoms with van der Waals surface area (Å²) in [6.45, 7) is 3.38. The minimum Gasteiger partial charge on any atom is -0.487 e. The number of benzene rings is 2. The van der Waals surface area contributed by atoms with Crippen molar-refractivity contribution in [3.63, 3.8) is 0 Å². The number of anilines is 2. The van der Waals surface area contributed by atoms with Crippen LogP contribution in [0.2, 0.25) is 0 Å². The third kappa shape index (κ3) is 4.01. The van der Waals surface area contributed by atoms with Crippen LogP contribution in [-0.2, 0) is 11.8 Å². The lowest BCUT2D eigenvalue weighted by atomic mass is 9.74. The van der Waals surface area contributed by atoms with Crippen LogP contribution in [0, 0.1) is 5.41 Å². The van der Waals surface area contributed by atoms with Gasteiger partial charge in [0.1, 0.15) is 24.0 Å². The quantitative estimate of drug-likeness (QED) is 0.368. The van der Waals surface area contributed by atoms with Gasteiger partial charge in [0.15, 0.2) is 0 Å². The Kier molecular flexibility index (Phi) is 5.35. The van der Waals surface area contributed by atoms with Gasteiger partial charge in [-0.25, -0.2) is 15.0 Å². The van der Waals surface area contributed by atoms with Gasteiger partial charge in [-0.1, -0.05) is 0 Å². The van der Waals surface area contributed by atoms with Crippen LogP contribution in [0.1, 0.15) is 6.42 Å². The minimum absolute atomic E-state index is 0.00828. The van der Waals surface area contributed by atoms with Crippen molar-refractivity contribution in [1.29, 1.82) is 0 Å². The second-order valence-electron chi connectivity index (χ2n) is 10.1. The number of likely N-dealkylation sites (tertiary alicyclic amines) is 1. The molecule has 10 heteroatoms. The average Bonchev–Trinajstić information content (AvgIpc) is 3.52. The highest BCUT2D eigenvalue weighted by molar-refractivity contribution is 7.16. The van der Waals surface area contributed by atoms with Gasteiger partial charge in [-0.2, -0.15) is 5.10 Å². The number of aromatic nitrogens is 5. The van der Waals surface area contributed by atoms with E-state index in [1.807, 2.05) is 37.1 Å². The maximum Gasteiger partial charge on any atom is 0.145 e. The number of hydrogen-bond donors (Lipinski definition) is 1. The molecule has 0 aliphatic carbocycles. The van der Waals surface area contributed by atoms with Gasteiger partial charge < -0.3 is 19.7 Å². The third-order valence-electron chi connectivity index (χ3n) is 7.53. The molecule has 188 valence electrons. The number of nitrogens with one attached hydrogen (secondary N) is 1. The summed E-state index contributed by atoms with van der Waals surface area (Å²) in [6, 6.07) is 10.3. The van der Waals surface area contributed by atoms with E-state index in [1.54, 1.807) is 22.3 Å². The number of aryl methyl sites for hydroxylation is 1. The summed E-state index contributed by atoms with van der Waals surface area (Å²) in [5.41, 5.74) is 6.68. The summed E-state index contributed by atoms with van der Waals surface area (Å²) < 4.78 is 15.5. The molecule has 0 radical (unpaired) electrons. The van der Waals surface area contributed by atoms with Crippen LogP contribution in [0.3, 0.4) is 0 Å². The maximum absolute atomic E-state index is 6.93. The van der Waals surface area contributed by atoms with Crippen molar-refractivity contribution in [1.82, 2.24) is 29.6 Å². The third-order valence-corrected chi connectivity index (χ3v) is 8.33. The van der Waals surface area contributed by atoms with Crippen LogP contribution in [-0.4, -0.2) is 69.1 Å². The van der Waals surface area contributed by atoms with Crippen LogP contribution in [0.25, 0.3) is 32.2 Å². The predicted octanol–water partition coefficient (Wildman–Crippen LogP) is 4.48. The molecule has 5 heterocycles. The molecular formula is C27H27N7O2S. The first kappa shape index (κ1) is 22.6. The topological polar surface area (TPSA) is 90.2 Å². The van der Waals surface area contributed by atoms with Crippen LogP contribution in [0.15, 0.2) is 54.6 Å². The zero-order valence-corrected chi connectivity index (χ0v) is 21.5. The molecule has 0 saturated carbocycles. The largest absolute Gasteiger partial charge is 0.487 e. The van der Waals surface area contributed by atoms with Crippen LogP contribution in [0.4, 0.5) is 11.5 Å². The fourth-order valence-corrected chi connectivity index (χ4v) is 6.02. The highest BCUT2D eigenvalue weighted by Gasteiger charge is 2.50. The van der Waals surface area contributed by atoms with Crippen molar-refractivity contribution >= 4 is 44.0 Å². The van der Waals surface area contributed by atoms with E-state index in [-0.39, 0.29) is 11.5 Å². The van der Waals surface area contributed by atoms with Gasteiger partial charge in [0.25, 0.3) is 0 Å². The van der Waals surface area contributed by atoms with Gasteiger partial charge >= 0.3 is 0 Å². The van der Waals surface area contributed by atoms with Gasteiger partial charge in [0.2, 0.25) is 0 Å². The van der Waals surface area contributed by atoms with Crippen molar-refractivity contribution in [2.45, 2.75) is 12.5 Å². The number of hydrogen-bond acceptors (Lipinski definition) is 9. The lowest BCUT2D eigenvalue weighted by Gasteiger charge is -2.51. The Morgan fingerprint density at radius 3 is 2.81 bits per heavy atom. The second-order valence-corrected chi connectivity index (χ2v) is 11.0. The van der Waals surface area contributed by atoms with E-state index >= 15 is 0 Å². The first-order valence-corrected chi connectivity index (χ1v) is 13.3. The number of piperidine rings is 1. The molecular weight excluding hydrogens is 486 g/mol. The number of thiazole rings is 1. The van der Waals surface area contributed by atoms with E-state index in [9.17, 15) is 0 Å².